The van der Waals surface area contributed by atoms with Crippen LogP contribution >= 0.6 is 0 Å². The molecule has 0 aromatic rings. The van der Waals surface area contributed by atoms with Crippen LogP contribution in [0.15, 0.2) is 0 Å². The maximum Gasteiger partial charge on any atom is 0.309 e. The molecule has 3 radical (unpaired) electrons. The Balaban J connectivity index is 2.00. The number of morpholine rings is 1. The normalized spacial score (nSPS) is 19.6. The molecule has 0 saturated carbocycles. The van der Waals surface area contributed by atoms with Gasteiger partial charge in [-0.15, -0.1) is 0 Å². The fourth-order valence-electron chi connectivity index (χ4n) is 0.903. The van der Waals surface area contributed by atoms with E-state index < -0.39 is 0 Å². The molecule has 0 spiro atoms. The van der Waals surface area contributed by atoms with E-state index in [-0.39, 0.29) is 0 Å². The molecule has 1 fully saturated rings. The Kier molecular flexibility index (Phi) is 3.93. The number of rotatable bonds is 4. The quantitative estimate of drug-likeness (QED) is 0.431. The average molecular weight is 155 g/mol. The highest BCUT2D eigenvalue weighted by molar-refractivity contribution is 5.48. The van der Waals surface area contributed by atoms with E-state index in [2.05, 4.69) is 10.2 Å². The lowest BCUT2D eigenvalue weighted by Gasteiger charge is -2.25. The van der Waals surface area contributed by atoms with Gasteiger partial charge in [0.1, 0.15) is 0 Å². The van der Waals surface area contributed by atoms with Crippen LogP contribution in [0.2, 0.25) is 0 Å². The van der Waals surface area contributed by atoms with Gasteiger partial charge in [-0.1, -0.05) is 0 Å². The van der Waals surface area contributed by atoms with Crippen molar-refractivity contribution >= 4 is 6.41 Å². The molecule has 0 atom stereocenters. The molecule has 11 heavy (non-hydrogen) atoms. The van der Waals surface area contributed by atoms with E-state index in [1.165, 1.54) is 0 Å². The standard InChI is InChI=1S/C7H11N2O2/c10-7-8-1-2-9-3-5-11-6-4-9/h1-2H,3-6H2,(H,8,10). The predicted octanol–water partition coefficient (Wildman–Crippen LogP) is -0.701. The SMILES string of the molecule is O=[C]N[CH][CH]N1CCOCC1. The van der Waals surface area contributed by atoms with E-state index in [0.717, 1.165) is 26.3 Å². The van der Waals surface area contributed by atoms with E-state index in [1.54, 1.807) is 13.0 Å². The van der Waals surface area contributed by atoms with Crippen LogP contribution in [-0.2, 0) is 9.53 Å². The van der Waals surface area contributed by atoms with E-state index in [0.29, 0.717) is 0 Å². The summed E-state index contributed by atoms with van der Waals surface area (Å²) >= 11 is 0. The lowest BCUT2D eigenvalue weighted by Crippen LogP contribution is -2.35. The van der Waals surface area contributed by atoms with Crippen LogP contribution in [0.3, 0.4) is 0 Å². The molecule has 0 bridgehead atoms. The van der Waals surface area contributed by atoms with Crippen LogP contribution < -0.4 is 5.32 Å². The Hall–Kier alpha value is -0.610. The fraction of sp³-hybridized carbons (Fsp3) is 0.571. The predicted molar refractivity (Wildman–Crippen MR) is 39.8 cm³/mol. The van der Waals surface area contributed by atoms with E-state index in [9.17, 15) is 4.79 Å². The molecule has 1 saturated heterocycles. The zero-order chi connectivity index (χ0) is 7.94. The van der Waals surface area contributed by atoms with Crippen LogP contribution in [0.1, 0.15) is 0 Å². The summed E-state index contributed by atoms with van der Waals surface area (Å²) in [5, 5.41) is 2.33. The van der Waals surface area contributed by atoms with Crippen LogP contribution in [-0.4, -0.2) is 37.6 Å². The topological polar surface area (TPSA) is 41.6 Å². The molecular weight excluding hydrogens is 144 g/mol. The van der Waals surface area contributed by atoms with Gasteiger partial charge >= 0.3 is 6.41 Å². The summed E-state index contributed by atoms with van der Waals surface area (Å²) in [6.45, 7) is 6.68. The summed E-state index contributed by atoms with van der Waals surface area (Å²) in [5.74, 6) is 0. The Morgan fingerprint density at radius 3 is 2.82 bits per heavy atom. The van der Waals surface area contributed by atoms with Crippen molar-refractivity contribution in [3.8, 4) is 0 Å². The van der Waals surface area contributed by atoms with Gasteiger partial charge in [-0.2, -0.15) is 0 Å². The molecular formula is C7H11N2O2. The number of ether oxygens (including phenoxy) is 1. The number of nitrogens with one attached hydrogen (secondary N) is 1. The minimum absolute atomic E-state index is 0.759. The highest BCUT2D eigenvalue weighted by Gasteiger charge is 2.09. The molecule has 4 heteroatoms. The maximum absolute atomic E-state index is 9.72. The molecule has 1 heterocycles. The third-order valence-corrected chi connectivity index (χ3v) is 1.47. The van der Waals surface area contributed by atoms with Gasteiger partial charge in [0.25, 0.3) is 0 Å². The Morgan fingerprint density at radius 2 is 2.18 bits per heavy atom. The van der Waals surface area contributed by atoms with E-state index >= 15 is 0 Å². The van der Waals surface area contributed by atoms with E-state index in [1.807, 2.05) is 6.54 Å². The molecule has 1 rings (SSSR count). The highest BCUT2D eigenvalue weighted by atomic mass is 16.5. The van der Waals surface area contributed by atoms with Gasteiger partial charge in [-0.05, 0) is 0 Å². The average Bonchev–Trinajstić information content (AvgIpc) is 2.07. The number of hydrogen-bond donors (Lipinski definition) is 1. The van der Waals surface area contributed by atoms with Crippen molar-refractivity contribution in [2.75, 3.05) is 26.3 Å². The molecule has 0 aliphatic carbocycles. The summed E-state index contributed by atoms with van der Waals surface area (Å²) in [5.41, 5.74) is 0. The van der Waals surface area contributed by atoms with Gasteiger partial charge < -0.3 is 10.1 Å². The van der Waals surface area contributed by atoms with Crippen molar-refractivity contribution in [2.24, 2.45) is 0 Å². The second-order valence-corrected chi connectivity index (χ2v) is 2.21. The van der Waals surface area contributed by atoms with Crippen molar-refractivity contribution in [1.82, 2.24) is 10.2 Å². The highest BCUT2D eigenvalue weighted by Crippen LogP contribution is 1.99. The van der Waals surface area contributed by atoms with Crippen molar-refractivity contribution in [3.05, 3.63) is 13.1 Å². The largest absolute Gasteiger partial charge is 0.379 e. The van der Waals surface area contributed by atoms with Crippen molar-refractivity contribution < 1.29 is 9.53 Å². The summed E-state index contributed by atoms with van der Waals surface area (Å²) in [7, 11) is 0. The molecule has 0 aromatic carbocycles. The lowest BCUT2D eigenvalue weighted by atomic mass is 10.4. The van der Waals surface area contributed by atoms with Crippen LogP contribution in [0.4, 0.5) is 0 Å². The third-order valence-electron chi connectivity index (χ3n) is 1.47. The first-order valence-corrected chi connectivity index (χ1v) is 3.54. The van der Waals surface area contributed by atoms with Gasteiger partial charge in [-0.3, -0.25) is 9.69 Å². The fourth-order valence-corrected chi connectivity index (χ4v) is 0.903. The van der Waals surface area contributed by atoms with Crippen molar-refractivity contribution in [2.45, 2.75) is 0 Å². The van der Waals surface area contributed by atoms with Gasteiger partial charge in [0.2, 0.25) is 0 Å². The summed E-state index contributed by atoms with van der Waals surface area (Å²) < 4.78 is 5.13. The molecule has 0 aromatic heterocycles. The van der Waals surface area contributed by atoms with Crippen molar-refractivity contribution in [3.63, 3.8) is 0 Å². The molecule has 0 unspecified atom stereocenters. The maximum atomic E-state index is 9.72. The molecule has 1 amide bonds. The van der Waals surface area contributed by atoms with Crippen molar-refractivity contribution in [1.29, 1.82) is 0 Å². The Bertz CT molecular complexity index is 113. The molecule has 1 aliphatic heterocycles. The van der Waals surface area contributed by atoms with Gasteiger partial charge in [0, 0.05) is 19.6 Å². The second-order valence-electron chi connectivity index (χ2n) is 2.21. The molecule has 1 aliphatic rings. The number of nitrogens with zero attached hydrogens (tertiary/aromatic N) is 1. The summed E-state index contributed by atoms with van der Waals surface area (Å²) in [4.78, 5) is 11.8. The smallest absolute Gasteiger partial charge is 0.309 e. The molecule has 1 N–H and O–H groups in total. The first-order valence-electron chi connectivity index (χ1n) is 3.54. The number of amides is 1. The lowest BCUT2D eigenvalue weighted by molar-refractivity contribution is 0.0524. The summed E-state index contributed by atoms with van der Waals surface area (Å²) in [6, 6.07) is 0. The zero-order valence-corrected chi connectivity index (χ0v) is 6.25. The van der Waals surface area contributed by atoms with Crippen LogP contribution in [0, 0.1) is 13.1 Å². The third kappa shape index (κ3) is 3.34. The van der Waals surface area contributed by atoms with Gasteiger partial charge in [-0.25, -0.2) is 0 Å². The van der Waals surface area contributed by atoms with E-state index in [4.69, 9.17) is 4.74 Å². The first kappa shape index (κ1) is 8.49. The summed E-state index contributed by atoms with van der Waals surface area (Å²) in [6.07, 6.45) is 1.56. The van der Waals surface area contributed by atoms with Gasteiger partial charge in [0.05, 0.1) is 19.8 Å². The molecule has 61 valence electrons. The first-order chi connectivity index (χ1) is 5.43. The Labute approximate surface area is 66.5 Å². The van der Waals surface area contributed by atoms with Crippen LogP contribution in [0.25, 0.3) is 0 Å². The second kappa shape index (κ2) is 5.09. The molecule has 4 nitrogen and oxygen atoms in total. The number of hydrogen-bond acceptors (Lipinski definition) is 3. The number of carbonyl (C=O) groups excluding carboxylic acids is 1. The zero-order valence-electron chi connectivity index (χ0n) is 6.25. The van der Waals surface area contributed by atoms with Gasteiger partial charge in [0.15, 0.2) is 0 Å². The van der Waals surface area contributed by atoms with Crippen LogP contribution in [0.5, 0.6) is 0 Å². The minimum atomic E-state index is 0.759. The monoisotopic (exact) mass is 155 g/mol. The minimum Gasteiger partial charge on any atom is -0.379 e. The Morgan fingerprint density at radius 1 is 1.45 bits per heavy atom.